The quantitative estimate of drug-likeness (QED) is 0.682. The van der Waals surface area contributed by atoms with E-state index in [2.05, 4.69) is 0 Å². The second-order valence-corrected chi connectivity index (χ2v) is 4.31. The highest BCUT2D eigenvalue weighted by molar-refractivity contribution is 6.02. The highest BCUT2D eigenvalue weighted by atomic mass is 19.1. The monoisotopic (exact) mass is 263 g/mol. The average molecular weight is 263 g/mol. The van der Waals surface area contributed by atoms with E-state index in [0.717, 1.165) is 0 Å². The average Bonchev–Trinajstić information content (AvgIpc) is 2.84. The van der Waals surface area contributed by atoms with Crippen LogP contribution >= 0.6 is 0 Å². The van der Waals surface area contributed by atoms with Crippen LogP contribution in [0.25, 0.3) is 11.3 Å². The van der Waals surface area contributed by atoms with Crippen LogP contribution in [-0.4, -0.2) is 12.1 Å². The van der Waals surface area contributed by atoms with Gasteiger partial charge in [0.15, 0.2) is 0 Å². The third-order valence-electron chi connectivity index (χ3n) is 2.53. The Morgan fingerprint density at radius 3 is 2.68 bits per heavy atom. The summed E-state index contributed by atoms with van der Waals surface area (Å²) in [6.45, 7) is 3.42. The lowest BCUT2D eigenvalue weighted by Gasteiger charge is -2.13. The van der Waals surface area contributed by atoms with E-state index in [9.17, 15) is 9.18 Å². The zero-order valence-electron chi connectivity index (χ0n) is 10.6. The van der Waals surface area contributed by atoms with E-state index in [1.165, 1.54) is 18.4 Å². The number of esters is 1. The first-order valence-corrected chi connectivity index (χ1v) is 5.83. The molecule has 2 aromatic rings. The van der Waals surface area contributed by atoms with Gasteiger partial charge in [-0.2, -0.15) is 0 Å². The van der Waals surface area contributed by atoms with Crippen LogP contribution in [0.15, 0.2) is 34.9 Å². The minimum atomic E-state index is -0.668. The molecular formula is C14H14FNO3. The zero-order valence-corrected chi connectivity index (χ0v) is 10.6. The van der Waals surface area contributed by atoms with Crippen molar-refractivity contribution < 1.29 is 18.3 Å². The molecule has 0 aliphatic heterocycles. The number of hydrogen-bond donors (Lipinski definition) is 1. The van der Waals surface area contributed by atoms with Crippen LogP contribution in [-0.2, 0) is 4.74 Å². The Morgan fingerprint density at radius 1 is 1.37 bits per heavy atom. The van der Waals surface area contributed by atoms with Crippen molar-refractivity contribution in [2.45, 2.75) is 20.0 Å². The number of nitrogen functional groups attached to an aromatic ring is 1. The predicted molar refractivity (Wildman–Crippen MR) is 69.1 cm³/mol. The van der Waals surface area contributed by atoms with Crippen LogP contribution in [0, 0.1) is 5.82 Å². The van der Waals surface area contributed by atoms with Gasteiger partial charge in [0.1, 0.15) is 11.6 Å². The van der Waals surface area contributed by atoms with Gasteiger partial charge in [-0.15, -0.1) is 0 Å². The standard InChI is InChI=1S/C14H14FNO3/c1-8(2)19-14(17)12-9(11-4-3-7-18-11)5-6-10(15)13(12)16/h3-8H,16H2,1-2H3. The van der Waals surface area contributed by atoms with Gasteiger partial charge in [-0.1, -0.05) is 0 Å². The van der Waals surface area contributed by atoms with Crippen LogP contribution in [0.5, 0.6) is 0 Å². The Labute approximate surface area is 110 Å². The normalized spacial score (nSPS) is 10.7. The molecule has 4 nitrogen and oxygen atoms in total. The molecule has 0 atom stereocenters. The Balaban J connectivity index is 2.56. The number of hydrogen-bond acceptors (Lipinski definition) is 4. The summed E-state index contributed by atoms with van der Waals surface area (Å²) < 4.78 is 23.8. The molecule has 0 fully saturated rings. The van der Waals surface area contributed by atoms with Crippen molar-refractivity contribution in [1.29, 1.82) is 0 Å². The second kappa shape index (κ2) is 5.14. The van der Waals surface area contributed by atoms with Crippen molar-refractivity contribution >= 4 is 11.7 Å². The van der Waals surface area contributed by atoms with Gasteiger partial charge in [-0.25, -0.2) is 9.18 Å². The van der Waals surface area contributed by atoms with E-state index in [4.69, 9.17) is 14.9 Å². The first-order chi connectivity index (χ1) is 9.00. The summed E-state index contributed by atoms with van der Waals surface area (Å²) in [5.74, 6) is -0.896. The molecule has 0 unspecified atom stereocenters. The topological polar surface area (TPSA) is 65.5 Å². The fraction of sp³-hybridized carbons (Fsp3) is 0.214. The number of carbonyl (C=O) groups is 1. The van der Waals surface area contributed by atoms with Crippen LogP contribution in [0.3, 0.4) is 0 Å². The molecule has 1 heterocycles. The molecule has 100 valence electrons. The molecule has 2 N–H and O–H groups in total. The van der Waals surface area contributed by atoms with Gasteiger partial charge in [-0.3, -0.25) is 0 Å². The molecule has 0 spiro atoms. The predicted octanol–water partition coefficient (Wildman–Crippen LogP) is 3.23. The van der Waals surface area contributed by atoms with Gasteiger partial charge in [0.2, 0.25) is 0 Å². The lowest BCUT2D eigenvalue weighted by atomic mass is 10.0. The van der Waals surface area contributed by atoms with Gasteiger partial charge < -0.3 is 14.9 Å². The van der Waals surface area contributed by atoms with Crippen molar-refractivity contribution in [2.24, 2.45) is 0 Å². The number of anilines is 1. The van der Waals surface area contributed by atoms with Crippen molar-refractivity contribution in [3.8, 4) is 11.3 Å². The SMILES string of the molecule is CC(C)OC(=O)c1c(-c2ccco2)ccc(F)c1N. The molecule has 0 aliphatic carbocycles. The number of benzene rings is 1. The maximum atomic E-state index is 13.5. The number of nitrogens with two attached hydrogens (primary N) is 1. The molecule has 0 bridgehead atoms. The molecule has 1 aromatic heterocycles. The fourth-order valence-electron chi connectivity index (χ4n) is 1.72. The molecule has 2 rings (SSSR count). The minimum absolute atomic E-state index is 0.0105. The number of halogens is 1. The Hall–Kier alpha value is -2.30. The van der Waals surface area contributed by atoms with E-state index in [1.807, 2.05) is 0 Å². The van der Waals surface area contributed by atoms with E-state index < -0.39 is 11.8 Å². The summed E-state index contributed by atoms with van der Waals surface area (Å²) in [6, 6.07) is 5.98. The summed E-state index contributed by atoms with van der Waals surface area (Å²) in [6.07, 6.45) is 1.14. The van der Waals surface area contributed by atoms with E-state index in [1.54, 1.807) is 26.0 Å². The first kappa shape index (κ1) is 13.1. The van der Waals surface area contributed by atoms with Crippen molar-refractivity contribution in [1.82, 2.24) is 0 Å². The van der Waals surface area contributed by atoms with Gasteiger partial charge in [0, 0.05) is 5.56 Å². The fourth-order valence-corrected chi connectivity index (χ4v) is 1.72. The second-order valence-electron chi connectivity index (χ2n) is 4.31. The number of rotatable bonds is 3. The molecule has 0 amide bonds. The lowest BCUT2D eigenvalue weighted by molar-refractivity contribution is 0.0379. The molecule has 19 heavy (non-hydrogen) atoms. The van der Waals surface area contributed by atoms with Crippen molar-refractivity contribution in [2.75, 3.05) is 5.73 Å². The third-order valence-corrected chi connectivity index (χ3v) is 2.53. The molecule has 0 aliphatic rings. The summed E-state index contributed by atoms with van der Waals surface area (Å²) in [4.78, 5) is 12.0. The lowest BCUT2D eigenvalue weighted by Crippen LogP contribution is -2.15. The van der Waals surface area contributed by atoms with Crippen molar-refractivity contribution in [3.05, 3.63) is 41.9 Å². The van der Waals surface area contributed by atoms with Crippen LogP contribution < -0.4 is 5.73 Å². The maximum absolute atomic E-state index is 13.5. The molecular weight excluding hydrogens is 249 g/mol. The number of ether oxygens (including phenoxy) is 1. The van der Waals surface area contributed by atoms with E-state index in [-0.39, 0.29) is 17.4 Å². The van der Waals surface area contributed by atoms with Gasteiger partial charge >= 0.3 is 5.97 Å². The minimum Gasteiger partial charge on any atom is -0.464 e. The summed E-state index contributed by atoms with van der Waals surface area (Å²) in [7, 11) is 0. The highest BCUT2D eigenvalue weighted by Crippen LogP contribution is 2.30. The number of furan rings is 1. The van der Waals surface area contributed by atoms with E-state index in [0.29, 0.717) is 11.3 Å². The Bertz CT molecular complexity index is 591. The summed E-state index contributed by atoms with van der Waals surface area (Å²) >= 11 is 0. The molecule has 0 saturated heterocycles. The smallest absolute Gasteiger partial charge is 0.341 e. The zero-order chi connectivity index (χ0) is 14.0. The van der Waals surface area contributed by atoms with Crippen molar-refractivity contribution in [3.63, 3.8) is 0 Å². The molecule has 0 saturated carbocycles. The van der Waals surface area contributed by atoms with E-state index >= 15 is 0 Å². The van der Waals surface area contributed by atoms with Crippen LogP contribution in [0.4, 0.5) is 10.1 Å². The Kier molecular flexibility index (Phi) is 3.55. The van der Waals surface area contributed by atoms with Gasteiger partial charge in [0.25, 0.3) is 0 Å². The maximum Gasteiger partial charge on any atom is 0.341 e. The number of carbonyl (C=O) groups excluding carboxylic acids is 1. The van der Waals surface area contributed by atoms with Crippen LogP contribution in [0.1, 0.15) is 24.2 Å². The third kappa shape index (κ3) is 2.59. The van der Waals surface area contributed by atoms with Crippen LogP contribution in [0.2, 0.25) is 0 Å². The molecule has 0 radical (unpaired) electrons. The van der Waals surface area contributed by atoms with Gasteiger partial charge in [-0.05, 0) is 38.1 Å². The summed E-state index contributed by atoms with van der Waals surface area (Å²) in [5.41, 5.74) is 5.81. The largest absolute Gasteiger partial charge is 0.464 e. The van der Waals surface area contributed by atoms with Gasteiger partial charge in [0.05, 0.1) is 23.6 Å². The highest BCUT2D eigenvalue weighted by Gasteiger charge is 2.22. The first-order valence-electron chi connectivity index (χ1n) is 5.83. The molecule has 5 heteroatoms. The molecule has 1 aromatic carbocycles. The summed E-state index contributed by atoms with van der Waals surface area (Å²) in [5, 5.41) is 0. The Morgan fingerprint density at radius 2 is 2.11 bits per heavy atom.